The molecule has 0 unspecified atom stereocenters. The molecule has 0 amide bonds. The molecule has 57 heavy (non-hydrogen) atoms. The lowest BCUT2D eigenvalue weighted by Crippen LogP contribution is -2.10. The zero-order chi connectivity index (χ0) is 37.5. The molecule has 0 aliphatic heterocycles. The zero-order valence-corrected chi connectivity index (χ0v) is 32.4. The van der Waals surface area contributed by atoms with Gasteiger partial charge in [0.2, 0.25) is 0 Å². The maximum Gasteiger partial charge on any atom is 0.0640 e. The first-order chi connectivity index (χ1) is 28.3. The molecule has 12 rings (SSSR count). The average molecular weight is 760 g/mol. The van der Waals surface area contributed by atoms with Crippen molar-refractivity contribution < 1.29 is 0 Å². The van der Waals surface area contributed by atoms with E-state index in [2.05, 4.69) is 205 Å². The highest BCUT2D eigenvalue weighted by atomic mass is 32.1. The fourth-order valence-corrected chi connectivity index (χ4v) is 11.5. The minimum Gasteiger partial charge on any atom is -0.309 e. The van der Waals surface area contributed by atoms with Gasteiger partial charge in [-0.25, -0.2) is 0 Å². The summed E-state index contributed by atoms with van der Waals surface area (Å²) in [4.78, 5) is 2.46. The van der Waals surface area contributed by atoms with E-state index in [9.17, 15) is 0 Å². The van der Waals surface area contributed by atoms with Gasteiger partial charge in [0.05, 0.1) is 10.4 Å². The number of fused-ring (bicyclic) bond motifs is 10. The Labute approximate surface area is 337 Å². The number of rotatable bonds is 5. The molecule has 0 atom stereocenters. The summed E-state index contributed by atoms with van der Waals surface area (Å²) in [6.07, 6.45) is 0. The van der Waals surface area contributed by atoms with Gasteiger partial charge in [0.15, 0.2) is 0 Å². The second kappa shape index (κ2) is 12.9. The number of anilines is 3. The van der Waals surface area contributed by atoms with Gasteiger partial charge in [-0.2, -0.15) is 0 Å². The minimum absolute atomic E-state index is 1.14. The number of hydrogen-bond acceptors (Lipinski definition) is 3. The third-order valence-corrected chi connectivity index (χ3v) is 14.1. The fraction of sp³-hybridized carbons (Fsp3) is 0. The van der Waals surface area contributed by atoms with Crippen LogP contribution in [0.2, 0.25) is 0 Å². The first kappa shape index (κ1) is 32.5. The molecule has 0 aliphatic carbocycles. The fourth-order valence-electron chi connectivity index (χ4n) is 8.96. The highest BCUT2D eigenvalue weighted by Gasteiger charge is 2.22. The van der Waals surface area contributed by atoms with Gasteiger partial charge in [0.1, 0.15) is 0 Å². The van der Waals surface area contributed by atoms with Crippen molar-refractivity contribution in [2.24, 2.45) is 0 Å². The predicted octanol–water partition coefficient (Wildman–Crippen LogP) is 16.7. The lowest BCUT2D eigenvalue weighted by Gasteiger charge is -2.26. The summed E-state index contributed by atoms with van der Waals surface area (Å²) in [6.45, 7) is 0. The molecular formula is C54H33NS2. The van der Waals surface area contributed by atoms with Crippen LogP contribution in [0.5, 0.6) is 0 Å². The van der Waals surface area contributed by atoms with E-state index < -0.39 is 0 Å². The predicted molar refractivity (Wildman–Crippen MR) is 250 cm³/mol. The Morgan fingerprint density at radius 3 is 1.63 bits per heavy atom. The minimum atomic E-state index is 1.14. The normalized spacial score (nSPS) is 11.9. The van der Waals surface area contributed by atoms with Gasteiger partial charge in [-0.15, -0.1) is 22.7 Å². The monoisotopic (exact) mass is 759 g/mol. The molecule has 0 spiro atoms. The summed E-state index contributed by atoms with van der Waals surface area (Å²) in [5.74, 6) is 0. The maximum absolute atomic E-state index is 2.48. The molecule has 266 valence electrons. The van der Waals surface area contributed by atoms with Gasteiger partial charge in [0.25, 0.3) is 0 Å². The second-order valence-electron chi connectivity index (χ2n) is 14.8. The van der Waals surface area contributed by atoms with E-state index >= 15 is 0 Å². The molecule has 0 bridgehead atoms. The molecular weight excluding hydrogens is 727 g/mol. The summed E-state index contributed by atoms with van der Waals surface area (Å²) in [7, 11) is 0. The van der Waals surface area contributed by atoms with E-state index in [-0.39, 0.29) is 0 Å². The molecule has 12 aromatic rings. The summed E-state index contributed by atoms with van der Waals surface area (Å²) >= 11 is 3.83. The highest BCUT2D eigenvalue weighted by molar-refractivity contribution is 7.27. The Balaban J connectivity index is 1.13. The third-order valence-electron chi connectivity index (χ3n) is 11.6. The quantitative estimate of drug-likeness (QED) is 0.169. The van der Waals surface area contributed by atoms with Gasteiger partial charge in [0, 0.05) is 58.0 Å². The van der Waals surface area contributed by atoms with Crippen molar-refractivity contribution >= 4 is 112 Å². The molecule has 0 radical (unpaired) electrons. The van der Waals surface area contributed by atoms with Gasteiger partial charge >= 0.3 is 0 Å². The highest BCUT2D eigenvalue weighted by Crippen LogP contribution is 2.51. The molecule has 0 saturated heterocycles. The molecule has 10 aromatic carbocycles. The number of benzene rings is 10. The third kappa shape index (κ3) is 5.13. The van der Waals surface area contributed by atoms with E-state index in [1.807, 2.05) is 22.7 Å². The first-order valence-corrected chi connectivity index (χ1v) is 21.0. The summed E-state index contributed by atoms with van der Waals surface area (Å²) in [5, 5.41) is 12.7. The Bertz CT molecular complexity index is 3460. The van der Waals surface area contributed by atoms with Crippen LogP contribution in [0.15, 0.2) is 200 Å². The van der Waals surface area contributed by atoms with Crippen molar-refractivity contribution in [3.63, 3.8) is 0 Å². The number of hydrogen-bond donors (Lipinski definition) is 0. The smallest absolute Gasteiger partial charge is 0.0640 e. The van der Waals surface area contributed by atoms with Crippen LogP contribution in [-0.2, 0) is 0 Å². The number of nitrogens with zero attached hydrogens (tertiary/aromatic N) is 1. The van der Waals surface area contributed by atoms with Crippen molar-refractivity contribution in [3.05, 3.63) is 200 Å². The Morgan fingerprint density at radius 2 is 0.895 bits per heavy atom. The van der Waals surface area contributed by atoms with Crippen molar-refractivity contribution in [3.8, 4) is 22.3 Å². The van der Waals surface area contributed by atoms with Crippen molar-refractivity contribution in [1.82, 2.24) is 0 Å². The van der Waals surface area contributed by atoms with Crippen LogP contribution in [0.3, 0.4) is 0 Å². The molecule has 0 aliphatic rings. The van der Waals surface area contributed by atoms with Crippen LogP contribution in [0.25, 0.3) is 94.9 Å². The van der Waals surface area contributed by atoms with E-state index in [0.717, 1.165) is 11.4 Å². The molecule has 2 heterocycles. The largest absolute Gasteiger partial charge is 0.309 e. The molecule has 0 fully saturated rings. The topological polar surface area (TPSA) is 3.24 Å². The molecule has 2 aromatic heterocycles. The van der Waals surface area contributed by atoms with E-state index in [1.165, 1.54) is 101 Å². The summed E-state index contributed by atoms with van der Waals surface area (Å²) in [6, 6.07) is 73.8. The van der Waals surface area contributed by atoms with Crippen LogP contribution in [0.1, 0.15) is 0 Å². The van der Waals surface area contributed by atoms with Crippen LogP contribution in [0, 0.1) is 0 Å². The van der Waals surface area contributed by atoms with E-state index in [4.69, 9.17) is 0 Å². The Hall–Kier alpha value is -6.78. The van der Waals surface area contributed by atoms with Crippen LogP contribution >= 0.6 is 22.7 Å². The lowest BCUT2D eigenvalue weighted by molar-refractivity contribution is 1.31. The van der Waals surface area contributed by atoms with Gasteiger partial charge in [-0.05, 0) is 86.1 Å². The molecule has 1 nitrogen and oxygen atoms in total. The standard InChI is InChI=1S/C54H33NS2/c1-2-15-36(16-3-1)41-29-30-45(54-51(41)46-21-10-11-24-50(46)56-54)47-33-48-44-22-12-23-49(53(44)57-52(48)43-20-9-8-19-42(43)47)55(39-27-25-34-13-4-6-17-37(34)31-39)40-28-26-35-14-5-7-18-38(35)32-40/h1-33H. The zero-order valence-electron chi connectivity index (χ0n) is 30.8. The number of thiophene rings is 2. The average Bonchev–Trinajstić information content (AvgIpc) is 3.86. The molecule has 0 N–H and O–H groups in total. The molecule has 0 saturated carbocycles. The second-order valence-corrected chi connectivity index (χ2v) is 16.9. The van der Waals surface area contributed by atoms with Crippen LogP contribution < -0.4 is 4.90 Å². The first-order valence-electron chi connectivity index (χ1n) is 19.4. The van der Waals surface area contributed by atoms with Crippen molar-refractivity contribution in [1.29, 1.82) is 0 Å². The Morgan fingerprint density at radius 1 is 0.316 bits per heavy atom. The van der Waals surface area contributed by atoms with Gasteiger partial charge in [-0.3, -0.25) is 0 Å². The summed E-state index contributed by atoms with van der Waals surface area (Å²) < 4.78 is 5.25. The van der Waals surface area contributed by atoms with Crippen LogP contribution in [0.4, 0.5) is 17.1 Å². The Kier molecular flexibility index (Phi) is 7.34. The van der Waals surface area contributed by atoms with E-state index in [0.29, 0.717) is 0 Å². The molecule has 3 heteroatoms. The SMILES string of the molecule is c1ccc(-c2ccc(-c3cc4c5cccc(N(c6ccc7ccccc7c6)c6ccc7ccccc7c6)c5sc4c4ccccc34)c3sc4ccccc4c23)cc1. The summed E-state index contributed by atoms with van der Waals surface area (Å²) in [5.41, 5.74) is 8.56. The lowest BCUT2D eigenvalue weighted by atomic mass is 9.91. The van der Waals surface area contributed by atoms with Crippen molar-refractivity contribution in [2.75, 3.05) is 4.90 Å². The van der Waals surface area contributed by atoms with Crippen LogP contribution in [-0.4, -0.2) is 0 Å². The van der Waals surface area contributed by atoms with Gasteiger partial charge in [-0.1, -0.05) is 158 Å². The van der Waals surface area contributed by atoms with E-state index in [1.54, 1.807) is 0 Å². The van der Waals surface area contributed by atoms with Crippen molar-refractivity contribution in [2.45, 2.75) is 0 Å². The maximum atomic E-state index is 2.48. The van der Waals surface area contributed by atoms with Gasteiger partial charge < -0.3 is 4.90 Å².